The summed E-state index contributed by atoms with van der Waals surface area (Å²) in [5, 5.41) is 11.9. The molecule has 124 valence electrons. The average molecular weight is 317 g/mol. The molecular formula is C18H23NO4. The molecule has 23 heavy (non-hydrogen) atoms. The second-order valence-electron chi connectivity index (χ2n) is 6.14. The molecule has 0 unspecified atom stereocenters. The zero-order valence-corrected chi connectivity index (χ0v) is 13.5. The second kappa shape index (κ2) is 7.81. The zero-order valence-electron chi connectivity index (χ0n) is 13.5. The Morgan fingerprint density at radius 2 is 2.13 bits per heavy atom. The Morgan fingerprint density at radius 1 is 1.35 bits per heavy atom. The number of allylic oxidation sites excluding steroid dienone is 1. The predicted molar refractivity (Wildman–Crippen MR) is 87.6 cm³/mol. The van der Waals surface area contributed by atoms with Gasteiger partial charge in [0.15, 0.2) is 0 Å². The lowest BCUT2D eigenvalue weighted by Gasteiger charge is -2.13. The first-order valence-corrected chi connectivity index (χ1v) is 7.85. The van der Waals surface area contributed by atoms with Crippen molar-refractivity contribution in [1.82, 2.24) is 5.32 Å². The topological polar surface area (TPSA) is 75.6 Å². The highest BCUT2D eigenvalue weighted by Crippen LogP contribution is 2.26. The van der Waals surface area contributed by atoms with Crippen LogP contribution in [0.15, 0.2) is 35.9 Å². The minimum atomic E-state index is -0.781. The third-order valence-corrected chi connectivity index (χ3v) is 3.95. The van der Waals surface area contributed by atoms with Gasteiger partial charge in [-0.25, -0.2) is 0 Å². The van der Waals surface area contributed by atoms with Gasteiger partial charge >= 0.3 is 5.97 Å². The molecule has 1 aliphatic carbocycles. The molecule has 1 aromatic carbocycles. The third kappa shape index (κ3) is 5.13. The Hall–Kier alpha value is -2.30. The van der Waals surface area contributed by atoms with E-state index >= 15 is 0 Å². The van der Waals surface area contributed by atoms with Crippen molar-refractivity contribution in [3.05, 3.63) is 41.5 Å². The van der Waals surface area contributed by atoms with Crippen molar-refractivity contribution in [3.63, 3.8) is 0 Å². The number of carboxylic acid groups (broad SMARTS) is 1. The molecule has 0 spiro atoms. The maximum atomic E-state index is 12.3. The minimum Gasteiger partial charge on any atom is -0.490 e. The van der Waals surface area contributed by atoms with E-state index in [1.165, 1.54) is 5.57 Å². The van der Waals surface area contributed by atoms with E-state index in [1.807, 2.05) is 26.0 Å². The van der Waals surface area contributed by atoms with Crippen molar-refractivity contribution < 1.29 is 19.4 Å². The van der Waals surface area contributed by atoms with Gasteiger partial charge in [0.05, 0.1) is 5.92 Å². The van der Waals surface area contributed by atoms with Crippen molar-refractivity contribution in [3.8, 4) is 5.75 Å². The van der Waals surface area contributed by atoms with Gasteiger partial charge in [0.1, 0.15) is 12.4 Å². The summed E-state index contributed by atoms with van der Waals surface area (Å²) in [6.07, 6.45) is 3.79. The Balaban J connectivity index is 1.92. The standard InChI is InChI=1S/C18H23NO4/c1-12(2)8-9-23-16-5-3-4-13(11-16)17(20)19-15-7-6-14(10-15)18(21)22/h3-5,8,11,14-15H,6-7,9-10H2,1-2H3,(H,19,20)(H,21,22)/t14-,15+/m1/s1. The Labute approximate surface area is 136 Å². The summed E-state index contributed by atoms with van der Waals surface area (Å²) in [5.74, 6) is -0.672. The van der Waals surface area contributed by atoms with Crippen molar-refractivity contribution in [2.24, 2.45) is 5.92 Å². The Morgan fingerprint density at radius 3 is 2.78 bits per heavy atom. The van der Waals surface area contributed by atoms with Crippen LogP contribution >= 0.6 is 0 Å². The highest BCUT2D eigenvalue weighted by atomic mass is 16.5. The Kier molecular flexibility index (Phi) is 5.79. The molecule has 0 radical (unpaired) electrons. The molecule has 5 heteroatoms. The maximum Gasteiger partial charge on any atom is 0.306 e. The van der Waals surface area contributed by atoms with Crippen molar-refractivity contribution in [1.29, 1.82) is 0 Å². The van der Waals surface area contributed by atoms with Crippen LogP contribution in [0, 0.1) is 5.92 Å². The van der Waals surface area contributed by atoms with Gasteiger partial charge in [0.2, 0.25) is 0 Å². The van der Waals surface area contributed by atoms with E-state index in [1.54, 1.807) is 18.2 Å². The lowest BCUT2D eigenvalue weighted by atomic mass is 10.1. The molecule has 0 bridgehead atoms. The van der Waals surface area contributed by atoms with Gasteiger partial charge < -0.3 is 15.2 Å². The summed E-state index contributed by atoms with van der Waals surface area (Å²) in [6, 6.07) is 6.95. The van der Waals surface area contributed by atoms with Crippen LogP contribution in [0.5, 0.6) is 5.75 Å². The second-order valence-corrected chi connectivity index (χ2v) is 6.14. The maximum absolute atomic E-state index is 12.3. The SMILES string of the molecule is CC(C)=CCOc1cccc(C(=O)N[C@H]2CC[C@@H](C(=O)O)C2)c1. The molecular weight excluding hydrogens is 294 g/mol. The molecule has 0 heterocycles. The monoisotopic (exact) mass is 317 g/mol. The number of hydrogen-bond donors (Lipinski definition) is 2. The number of ether oxygens (including phenoxy) is 1. The first-order chi connectivity index (χ1) is 11.0. The van der Waals surface area contributed by atoms with E-state index in [-0.39, 0.29) is 17.9 Å². The lowest BCUT2D eigenvalue weighted by molar-refractivity contribution is -0.141. The summed E-state index contributed by atoms with van der Waals surface area (Å²) in [5.41, 5.74) is 1.70. The number of carbonyl (C=O) groups excluding carboxylic acids is 1. The van der Waals surface area contributed by atoms with E-state index in [2.05, 4.69) is 5.32 Å². The molecule has 1 aromatic rings. The molecule has 1 saturated carbocycles. The van der Waals surface area contributed by atoms with Crippen molar-refractivity contribution >= 4 is 11.9 Å². The number of nitrogens with one attached hydrogen (secondary N) is 1. The van der Waals surface area contributed by atoms with Crippen LogP contribution in [0.3, 0.4) is 0 Å². The fourth-order valence-electron chi connectivity index (χ4n) is 2.64. The number of benzene rings is 1. The smallest absolute Gasteiger partial charge is 0.306 e. The lowest BCUT2D eigenvalue weighted by Crippen LogP contribution is -2.33. The first-order valence-electron chi connectivity index (χ1n) is 7.85. The van der Waals surface area contributed by atoms with Crippen LogP contribution in [-0.4, -0.2) is 29.6 Å². The average Bonchev–Trinajstić information content (AvgIpc) is 2.96. The number of carboxylic acids is 1. The van der Waals surface area contributed by atoms with E-state index in [4.69, 9.17) is 9.84 Å². The molecule has 0 aliphatic heterocycles. The van der Waals surface area contributed by atoms with Gasteiger partial charge in [-0.05, 0) is 57.4 Å². The normalized spacial score (nSPS) is 19.9. The number of amides is 1. The molecule has 2 N–H and O–H groups in total. The summed E-state index contributed by atoms with van der Waals surface area (Å²) in [4.78, 5) is 23.2. The minimum absolute atomic E-state index is 0.0705. The fraction of sp³-hybridized carbons (Fsp3) is 0.444. The van der Waals surface area contributed by atoms with Crippen LogP contribution < -0.4 is 10.1 Å². The van der Waals surface area contributed by atoms with Crippen molar-refractivity contribution in [2.75, 3.05) is 6.61 Å². The van der Waals surface area contributed by atoms with Gasteiger partial charge in [-0.15, -0.1) is 0 Å². The van der Waals surface area contributed by atoms with Gasteiger partial charge in [-0.2, -0.15) is 0 Å². The van der Waals surface area contributed by atoms with Crippen LogP contribution in [0.2, 0.25) is 0 Å². The highest BCUT2D eigenvalue weighted by molar-refractivity contribution is 5.94. The Bertz CT molecular complexity index is 605. The molecule has 1 aliphatic rings. The molecule has 2 atom stereocenters. The van der Waals surface area contributed by atoms with Crippen LogP contribution in [0.4, 0.5) is 0 Å². The zero-order chi connectivity index (χ0) is 16.8. The van der Waals surface area contributed by atoms with Crippen LogP contribution in [0.1, 0.15) is 43.5 Å². The highest BCUT2D eigenvalue weighted by Gasteiger charge is 2.30. The fourth-order valence-corrected chi connectivity index (χ4v) is 2.64. The number of aliphatic carboxylic acids is 1. The number of hydrogen-bond acceptors (Lipinski definition) is 3. The predicted octanol–water partition coefficient (Wildman–Crippen LogP) is 3.01. The third-order valence-electron chi connectivity index (χ3n) is 3.95. The first kappa shape index (κ1) is 17.1. The van der Waals surface area contributed by atoms with Gasteiger partial charge in [-0.3, -0.25) is 9.59 Å². The summed E-state index contributed by atoms with van der Waals surface area (Å²) in [6.45, 7) is 4.47. The molecule has 0 saturated heterocycles. The van der Waals surface area contributed by atoms with Gasteiger partial charge in [0.25, 0.3) is 5.91 Å². The van der Waals surface area contributed by atoms with Crippen LogP contribution in [0.25, 0.3) is 0 Å². The number of carbonyl (C=O) groups is 2. The summed E-state index contributed by atoms with van der Waals surface area (Å²) < 4.78 is 5.59. The van der Waals surface area contributed by atoms with E-state index in [0.29, 0.717) is 37.2 Å². The van der Waals surface area contributed by atoms with Gasteiger partial charge in [-0.1, -0.05) is 11.6 Å². The molecule has 0 aromatic heterocycles. The molecule has 1 fully saturated rings. The quantitative estimate of drug-likeness (QED) is 0.791. The molecule has 2 rings (SSSR count). The summed E-state index contributed by atoms with van der Waals surface area (Å²) in [7, 11) is 0. The summed E-state index contributed by atoms with van der Waals surface area (Å²) >= 11 is 0. The largest absolute Gasteiger partial charge is 0.490 e. The van der Waals surface area contributed by atoms with E-state index < -0.39 is 5.97 Å². The van der Waals surface area contributed by atoms with Crippen molar-refractivity contribution in [2.45, 2.75) is 39.2 Å². The molecule has 1 amide bonds. The molecule has 5 nitrogen and oxygen atoms in total. The van der Waals surface area contributed by atoms with E-state index in [9.17, 15) is 9.59 Å². The number of rotatable bonds is 6. The van der Waals surface area contributed by atoms with Crippen LogP contribution in [-0.2, 0) is 4.79 Å². The van der Waals surface area contributed by atoms with Gasteiger partial charge in [0, 0.05) is 11.6 Å². The van der Waals surface area contributed by atoms with E-state index in [0.717, 1.165) is 0 Å².